The second kappa shape index (κ2) is 4.51. The maximum absolute atomic E-state index is 12.4. The first-order valence-corrected chi connectivity index (χ1v) is 3.34. The Morgan fingerprint density at radius 2 is 2.36 bits per heavy atom. The molecule has 66 valence electrons. The molecule has 0 aromatic rings. The molecular weight excluding hydrogens is 171 g/mol. The highest BCUT2D eigenvalue weighted by atomic mass is 35.5. The van der Waals surface area contributed by atoms with Gasteiger partial charge in [-0.15, -0.1) is 12.4 Å². The predicted molar refractivity (Wildman–Crippen MR) is 42.4 cm³/mol. The third-order valence-electron chi connectivity index (χ3n) is 1.62. The van der Waals surface area contributed by atoms with E-state index in [0.29, 0.717) is 13.0 Å². The maximum Gasteiger partial charge on any atom is 0.218 e. The molecule has 3 nitrogen and oxygen atoms in total. The minimum atomic E-state index is -0.802. The smallest absolute Gasteiger partial charge is 0.218 e. The molecule has 0 aromatic carbocycles. The molecule has 1 amide bonds. The number of hydrogen-bond acceptors (Lipinski definition) is 2. The van der Waals surface area contributed by atoms with Crippen LogP contribution in [0, 0.1) is 0 Å². The molecule has 0 spiro atoms. The number of nitrogens with one attached hydrogen (secondary N) is 1. The first-order valence-electron chi connectivity index (χ1n) is 3.34. The van der Waals surface area contributed by atoms with Crippen LogP contribution in [0.3, 0.4) is 0 Å². The summed E-state index contributed by atoms with van der Waals surface area (Å²) in [5.41, 5.74) is 4.92. The van der Waals surface area contributed by atoms with Gasteiger partial charge in [-0.05, 0) is 6.42 Å². The molecule has 2 atom stereocenters. The van der Waals surface area contributed by atoms with Crippen molar-refractivity contribution in [3.05, 3.63) is 0 Å². The Labute approximate surface area is 70.9 Å². The minimum absolute atomic E-state index is 0. The van der Waals surface area contributed by atoms with E-state index in [2.05, 4.69) is 5.32 Å². The molecule has 1 aliphatic rings. The Morgan fingerprint density at radius 3 is 2.73 bits per heavy atom. The fourth-order valence-corrected chi connectivity index (χ4v) is 1.17. The quantitative estimate of drug-likeness (QED) is 0.631. The number of nitrogens with two attached hydrogens (primary N) is 1. The molecule has 0 aliphatic carbocycles. The summed E-state index contributed by atoms with van der Waals surface area (Å²) in [6.07, 6.45) is -0.132. The van der Waals surface area contributed by atoms with Gasteiger partial charge in [-0.25, -0.2) is 4.39 Å². The highest BCUT2D eigenvalue weighted by Crippen LogP contribution is 2.11. The lowest BCUT2D eigenvalue weighted by atomic mass is 10.1. The van der Waals surface area contributed by atoms with Gasteiger partial charge in [0, 0.05) is 19.0 Å². The van der Waals surface area contributed by atoms with Crippen LogP contribution in [-0.4, -0.2) is 24.7 Å². The summed E-state index contributed by atoms with van der Waals surface area (Å²) >= 11 is 0. The lowest BCUT2D eigenvalue weighted by Crippen LogP contribution is -2.27. The molecule has 1 fully saturated rings. The van der Waals surface area contributed by atoms with Crippen molar-refractivity contribution in [2.75, 3.05) is 6.54 Å². The average molecular weight is 183 g/mol. The molecular formula is C6H12ClFN2O. The lowest BCUT2D eigenvalue weighted by molar-refractivity contribution is -0.118. The van der Waals surface area contributed by atoms with Gasteiger partial charge >= 0.3 is 0 Å². The average Bonchev–Trinajstić information content (AvgIpc) is 2.13. The number of halogens is 2. The Bertz CT molecular complexity index is 145. The van der Waals surface area contributed by atoms with Crippen molar-refractivity contribution in [2.45, 2.75) is 25.1 Å². The summed E-state index contributed by atoms with van der Waals surface area (Å²) in [5.74, 6) is -0.369. The van der Waals surface area contributed by atoms with Crippen LogP contribution < -0.4 is 11.1 Å². The van der Waals surface area contributed by atoms with Crippen molar-refractivity contribution < 1.29 is 9.18 Å². The van der Waals surface area contributed by atoms with Gasteiger partial charge in [0.1, 0.15) is 6.17 Å². The number of alkyl halides is 1. The zero-order chi connectivity index (χ0) is 7.56. The standard InChI is InChI=1S/C6H11FN2O.ClH/c7-4-1-5(9-3-4)2-6(8)10;/h4-5,9H,1-3H2,(H2,8,10);1H/t4-,5+;/m0./s1. The van der Waals surface area contributed by atoms with Crippen molar-refractivity contribution >= 4 is 18.3 Å². The summed E-state index contributed by atoms with van der Waals surface area (Å²) in [7, 11) is 0. The number of rotatable bonds is 2. The van der Waals surface area contributed by atoms with E-state index < -0.39 is 6.17 Å². The normalized spacial score (nSPS) is 29.5. The van der Waals surface area contributed by atoms with Crippen LogP contribution >= 0.6 is 12.4 Å². The van der Waals surface area contributed by atoms with Crippen LogP contribution in [-0.2, 0) is 4.79 Å². The molecule has 0 radical (unpaired) electrons. The fourth-order valence-electron chi connectivity index (χ4n) is 1.17. The summed E-state index contributed by atoms with van der Waals surface area (Å²) in [6, 6.07) is -0.0347. The largest absolute Gasteiger partial charge is 0.370 e. The van der Waals surface area contributed by atoms with Crippen LogP contribution in [0.5, 0.6) is 0 Å². The summed E-state index contributed by atoms with van der Waals surface area (Å²) in [5, 5.41) is 2.86. The second-order valence-electron chi connectivity index (χ2n) is 2.61. The van der Waals surface area contributed by atoms with Gasteiger partial charge < -0.3 is 11.1 Å². The van der Waals surface area contributed by atoms with Crippen LogP contribution in [0.4, 0.5) is 4.39 Å². The van der Waals surface area contributed by atoms with Gasteiger partial charge in [-0.2, -0.15) is 0 Å². The molecule has 1 saturated heterocycles. The molecule has 1 heterocycles. The van der Waals surface area contributed by atoms with Crippen LogP contribution in [0.15, 0.2) is 0 Å². The van der Waals surface area contributed by atoms with Gasteiger partial charge in [0.15, 0.2) is 0 Å². The van der Waals surface area contributed by atoms with Crippen LogP contribution in [0.1, 0.15) is 12.8 Å². The number of hydrogen-bond donors (Lipinski definition) is 2. The summed E-state index contributed by atoms with van der Waals surface area (Å²) in [6.45, 7) is 0.359. The fraction of sp³-hybridized carbons (Fsp3) is 0.833. The Kier molecular flexibility index (Phi) is 4.37. The monoisotopic (exact) mass is 182 g/mol. The van der Waals surface area contributed by atoms with Crippen LogP contribution in [0.2, 0.25) is 0 Å². The summed E-state index contributed by atoms with van der Waals surface area (Å²) in [4.78, 5) is 10.3. The molecule has 5 heteroatoms. The van der Waals surface area contributed by atoms with Gasteiger partial charge in [0.05, 0.1) is 0 Å². The van der Waals surface area contributed by atoms with Crippen molar-refractivity contribution in [3.8, 4) is 0 Å². The van der Waals surface area contributed by atoms with E-state index in [9.17, 15) is 9.18 Å². The SMILES string of the molecule is Cl.NC(=O)C[C@H]1C[C@H](F)CN1. The van der Waals surface area contributed by atoms with Gasteiger partial charge in [0.25, 0.3) is 0 Å². The third-order valence-corrected chi connectivity index (χ3v) is 1.62. The molecule has 3 N–H and O–H groups in total. The lowest BCUT2D eigenvalue weighted by Gasteiger charge is -2.04. The first kappa shape index (κ1) is 10.7. The van der Waals surface area contributed by atoms with Crippen molar-refractivity contribution in [3.63, 3.8) is 0 Å². The van der Waals surface area contributed by atoms with Crippen LogP contribution in [0.25, 0.3) is 0 Å². The molecule has 1 rings (SSSR count). The summed E-state index contributed by atoms with van der Waals surface area (Å²) < 4.78 is 12.4. The number of carbonyl (C=O) groups excluding carboxylic acids is 1. The zero-order valence-electron chi connectivity index (χ0n) is 6.05. The van der Waals surface area contributed by atoms with E-state index in [1.807, 2.05) is 0 Å². The van der Waals surface area contributed by atoms with Crippen molar-refractivity contribution in [1.82, 2.24) is 5.32 Å². The predicted octanol–water partition coefficient (Wildman–Crippen LogP) is -0.0164. The van der Waals surface area contributed by atoms with E-state index >= 15 is 0 Å². The Morgan fingerprint density at radius 1 is 1.73 bits per heavy atom. The maximum atomic E-state index is 12.4. The van der Waals surface area contributed by atoms with Gasteiger partial charge in [0.2, 0.25) is 5.91 Å². The molecule has 0 unspecified atom stereocenters. The zero-order valence-corrected chi connectivity index (χ0v) is 6.86. The number of carbonyl (C=O) groups is 1. The van der Waals surface area contributed by atoms with Crippen molar-refractivity contribution in [2.24, 2.45) is 5.73 Å². The van der Waals surface area contributed by atoms with Gasteiger partial charge in [-0.1, -0.05) is 0 Å². The molecule has 11 heavy (non-hydrogen) atoms. The van der Waals surface area contributed by atoms with E-state index in [1.165, 1.54) is 0 Å². The van der Waals surface area contributed by atoms with Crippen molar-refractivity contribution in [1.29, 1.82) is 0 Å². The van der Waals surface area contributed by atoms with E-state index in [4.69, 9.17) is 5.73 Å². The molecule has 1 aliphatic heterocycles. The number of primary amides is 1. The Hall–Kier alpha value is -0.350. The highest BCUT2D eigenvalue weighted by molar-refractivity contribution is 5.85. The first-order chi connectivity index (χ1) is 4.68. The minimum Gasteiger partial charge on any atom is -0.370 e. The van der Waals surface area contributed by atoms with Gasteiger partial charge in [-0.3, -0.25) is 4.79 Å². The van der Waals surface area contributed by atoms with E-state index in [1.54, 1.807) is 0 Å². The molecule has 0 saturated carbocycles. The molecule has 0 aromatic heterocycles. The van der Waals surface area contributed by atoms with E-state index in [0.717, 1.165) is 0 Å². The second-order valence-corrected chi connectivity index (χ2v) is 2.61. The topological polar surface area (TPSA) is 55.1 Å². The Balaban J connectivity index is 0.000001000. The molecule has 0 bridgehead atoms. The highest BCUT2D eigenvalue weighted by Gasteiger charge is 2.24. The third kappa shape index (κ3) is 3.53. The number of amides is 1. The van der Waals surface area contributed by atoms with E-state index in [-0.39, 0.29) is 30.8 Å².